The first-order valence-corrected chi connectivity index (χ1v) is 11.1. The molecule has 1 atom stereocenters. The van der Waals surface area contributed by atoms with Crippen LogP contribution in [-0.2, 0) is 6.54 Å². The van der Waals surface area contributed by atoms with Crippen LogP contribution in [0.15, 0.2) is 64.6 Å². The van der Waals surface area contributed by atoms with Gasteiger partial charge in [0.2, 0.25) is 0 Å². The second-order valence-corrected chi connectivity index (χ2v) is 7.98. The Balaban J connectivity index is 2.19. The van der Waals surface area contributed by atoms with Gasteiger partial charge in [-0.1, -0.05) is 0 Å². The lowest BCUT2D eigenvalue weighted by Crippen LogP contribution is -2.17. The van der Waals surface area contributed by atoms with Crippen molar-refractivity contribution in [1.82, 2.24) is 5.32 Å². The van der Waals surface area contributed by atoms with Gasteiger partial charge in [0.15, 0.2) is 0 Å². The van der Waals surface area contributed by atoms with Crippen LogP contribution in [0, 0.1) is 0 Å². The van der Waals surface area contributed by atoms with Gasteiger partial charge in [-0.2, -0.15) is 0 Å². The number of aliphatic hydroxyl groups excluding tert-OH is 1. The van der Waals surface area contributed by atoms with Gasteiger partial charge in [-0.05, 0) is 75.1 Å². The van der Waals surface area contributed by atoms with Gasteiger partial charge in [-0.25, -0.2) is 0 Å². The van der Waals surface area contributed by atoms with Gasteiger partial charge in [0.1, 0.15) is 29.2 Å². The van der Waals surface area contributed by atoms with Gasteiger partial charge in [-0.3, -0.25) is 4.99 Å². The number of aliphatic imine (C=N–C) groups is 1. The van der Waals surface area contributed by atoms with E-state index in [-0.39, 0.29) is 12.7 Å². The fourth-order valence-corrected chi connectivity index (χ4v) is 2.87. The van der Waals surface area contributed by atoms with Gasteiger partial charge in [-0.15, -0.1) is 11.8 Å². The average molecular weight is 430 g/mol. The molecule has 6 nitrogen and oxygen atoms in total. The minimum atomic E-state index is -0.326. The van der Waals surface area contributed by atoms with Crippen LogP contribution in [0.3, 0.4) is 0 Å². The molecule has 162 valence electrons. The van der Waals surface area contributed by atoms with Crippen molar-refractivity contribution in [3.8, 4) is 17.2 Å². The summed E-state index contributed by atoms with van der Waals surface area (Å²) >= 11 is 1.68. The number of nitrogens with zero attached hydrogens (tertiary/aromatic N) is 1. The van der Waals surface area contributed by atoms with Crippen molar-refractivity contribution in [2.75, 3.05) is 12.9 Å². The van der Waals surface area contributed by atoms with E-state index < -0.39 is 0 Å². The zero-order valence-electron chi connectivity index (χ0n) is 18.0. The van der Waals surface area contributed by atoms with Crippen LogP contribution in [0.2, 0.25) is 0 Å². The number of rotatable bonds is 11. The van der Waals surface area contributed by atoms with Gasteiger partial charge in [0, 0.05) is 23.2 Å². The van der Waals surface area contributed by atoms with Crippen LogP contribution in [0.1, 0.15) is 26.3 Å². The van der Waals surface area contributed by atoms with Gasteiger partial charge >= 0.3 is 0 Å². The minimum absolute atomic E-state index is 0.0741. The largest absolute Gasteiger partial charge is 0.488 e. The van der Waals surface area contributed by atoms with Crippen LogP contribution in [0.25, 0.3) is 0 Å². The first-order chi connectivity index (χ1) is 14.4. The van der Waals surface area contributed by atoms with Crippen molar-refractivity contribution in [3.05, 3.63) is 60.3 Å². The highest BCUT2D eigenvalue weighted by Gasteiger charge is 2.08. The third kappa shape index (κ3) is 8.39. The van der Waals surface area contributed by atoms with E-state index in [1.165, 1.54) is 4.90 Å². The SMILES string of the molecule is CSc1ccc(Oc2cc(CN=C(N)/C=C\NC(C)C)cc(OC(C)CO)c2)cc1. The highest BCUT2D eigenvalue weighted by Crippen LogP contribution is 2.29. The van der Waals surface area contributed by atoms with Crippen molar-refractivity contribution in [2.24, 2.45) is 10.7 Å². The number of nitrogens with one attached hydrogen (secondary N) is 1. The fourth-order valence-electron chi connectivity index (χ4n) is 2.46. The van der Waals surface area contributed by atoms with Crippen LogP contribution in [0.4, 0.5) is 0 Å². The van der Waals surface area contributed by atoms with E-state index in [0.29, 0.717) is 29.9 Å². The standard InChI is InChI=1S/C23H31N3O3S/c1-16(2)25-10-9-23(24)26-14-18-11-20(28-17(3)15-27)13-21(12-18)29-19-5-7-22(30-4)8-6-19/h5-13,16-17,25,27H,14-15H2,1-4H3,(H2,24,26)/b10-9-. The molecule has 0 amide bonds. The third-order valence-corrected chi connectivity index (χ3v) is 4.70. The summed E-state index contributed by atoms with van der Waals surface area (Å²) in [6.07, 6.45) is 5.23. The molecule has 0 bridgehead atoms. The maximum Gasteiger partial charge on any atom is 0.131 e. The average Bonchev–Trinajstić information content (AvgIpc) is 2.72. The summed E-state index contributed by atoms with van der Waals surface area (Å²) < 4.78 is 11.8. The summed E-state index contributed by atoms with van der Waals surface area (Å²) in [6.45, 7) is 6.20. The monoisotopic (exact) mass is 429 g/mol. The van der Waals surface area contributed by atoms with Crippen LogP contribution < -0.4 is 20.5 Å². The van der Waals surface area contributed by atoms with Crippen LogP contribution >= 0.6 is 11.8 Å². The van der Waals surface area contributed by atoms with E-state index in [1.54, 1.807) is 37.0 Å². The minimum Gasteiger partial charge on any atom is -0.488 e. The molecule has 0 aromatic heterocycles. The smallest absolute Gasteiger partial charge is 0.131 e. The Morgan fingerprint density at radius 3 is 2.47 bits per heavy atom. The lowest BCUT2D eigenvalue weighted by atomic mass is 10.2. The van der Waals surface area contributed by atoms with E-state index in [2.05, 4.69) is 10.3 Å². The third-order valence-electron chi connectivity index (χ3n) is 3.96. The summed E-state index contributed by atoms with van der Waals surface area (Å²) in [5.74, 6) is 2.40. The zero-order chi connectivity index (χ0) is 21.9. The second kappa shape index (κ2) is 12.1. The molecule has 0 radical (unpaired) electrons. The maximum atomic E-state index is 9.31. The Morgan fingerprint density at radius 1 is 1.13 bits per heavy atom. The molecular weight excluding hydrogens is 398 g/mol. The molecule has 1 unspecified atom stereocenters. The summed E-state index contributed by atoms with van der Waals surface area (Å²) in [5.41, 5.74) is 6.85. The number of hydrogen-bond donors (Lipinski definition) is 3. The molecule has 0 fully saturated rings. The van der Waals surface area contributed by atoms with E-state index in [9.17, 15) is 5.11 Å². The van der Waals surface area contributed by atoms with E-state index in [1.807, 2.05) is 56.5 Å². The molecule has 2 aromatic carbocycles. The summed E-state index contributed by atoms with van der Waals surface area (Å²) in [7, 11) is 0. The molecule has 0 aliphatic carbocycles. The van der Waals surface area contributed by atoms with Crippen molar-refractivity contribution >= 4 is 17.6 Å². The van der Waals surface area contributed by atoms with Gasteiger partial charge in [0.05, 0.1) is 13.2 Å². The predicted octanol–water partition coefficient (Wildman–Crippen LogP) is 4.33. The predicted molar refractivity (Wildman–Crippen MR) is 125 cm³/mol. The molecule has 0 spiro atoms. The Kier molecular flexibility index (Phi) is 9.57. The molecule has 4 N–H and O–H groups in total. The summed E-state index contributed by atoms with van der Waals surface area (Å²) in [5, 5.41) is 12.5. The Morgan fingerprint density at radius 2 is 1.83 bits per heavy atom. The first kappa shape index (κ1) is 23.6. The van der Waals surface area contributed by atoms with Crippen LogP contribution in [0.5, 0.6) is 17.2 Å². The topological polar surface area (TPSA) is 89.1 Å². The highest BCUT2D eigenvalue weighted by atomic mass is 32.2. The highest BCUT2D eigenvalue weighted by molar-refractivity contribution is 7.98. The lowest BCUT2D eigenvalue weighted by Gasteiger charge is -2.15. The Labute approximate surface area is 183 Å². The van der Waals surface area contributed by atoms with Crippen molar-refractivity contribution < 1.29 is 14.6 Å². The number of amidine groups is 1. The van der Waals surface area contributed by atoms with Crippen molar-refractivity contribution in [3.63, 3.8) is 0 Å². The van der Waals surface area contributed by atoms with E-state index in [0.717, 1.165) is 11.3 Å². The van der Waals surface area contributed by atoms with E-state index >= 15 is 0 Å². The molecule has 30 heavy (non-hydrogen) atoms. The normalized spacial score (nSPS) is 12.9. The lowest BCUT2D eigenvalue weighted by molar-refractivity contribution is 0.129. The quantitative estimate of drug-likeness (QED) is 0.280. The number of hydrogen-bond acceptors (Lipinski definition) is 6. The van der Waals surface area contributed by atoms with Crippen LogP contribution in [-0.4, -0.2) is 36.0 Å². The zero-order valence-corrected chi connectivity index (χ0v) is 18.8. The number of benzene rings is 2. The first-order valence-electron chi connectivity index (χ1n) is 9.85. The Bertz CT molecular complexity index is 851. The molecule has 0 saturated carbocycles. The molecule has 0 heterocycles. The Hall–Kier alpha value is -2.64. The molecule has 0 saturated heterocycles. The maximum absolute atomic E-state index is 9.31. The van der Waals surface area contributed by atoms with Gasteiger partial charge < -0.3 is 25.6 Å². The number of ether oxygens (including phenoxy) is 2. The fraction of sp³-hybridized carbons (Fsp3) is 0.348. The molecule has 0 aliphatic heterocycles. The summed E-state index contributed by atoms with van der Waals surface area (Å²) in [4.78, 5) is 5.58. The number of thioether (sulfide) groups is 1. The molecule has 0 aliphatic rings. The summed E-state index contributed by atoms with van der Waals surface area (Å²) in [6, 6.07) is 13.8. The molecular formula is C23H31N3O3S. The van der Waals surface area contributed by atoms with Crippen molar-refractivity contribution in [2.45, 2.75) is 44.4 Å². The van der Waals surface area contributed by atoms with Gasteiger partial charge in [0.25, 0.3) is 0 Å². The van der Waals surface area contributed by atoms with Crippen molar-refractivity contribution in [1.29, 1.82) is 0 Å². The van der Waals surface area contributed by atoms with E-state index in [4.69, 9.17) is 15.2 Å². The number of aliphatic hydroxyl groups is 1. The molecule has 2 aromatic rings. The molecule has 7 heteroatoms. The second-order valence-electron chi connectivity index (χ2n) is 7.10. The number of nitrogens with two attached hydrogens (primary N) is 1. The molecule has 2 rings (SSSR count).